The third-order valence-corrected chi connectivity index (χ3v) is 2.32. The Morgan fingerprint density at radius 3 is 2.82 bits per heavy atom. The van der Waals surface area contributed by atoms with E-state index in [-0.39, 0.29) is 0 Å². The Labute approximate surface area is 68.9 Å². The molecule has 11 heavy (non-hydrogen) atoms. The molecule has 0 unspecified atom stereocenters. The molecule has 1 aliphatic heterocycles. The van der Waals surface area contributed by atoms with Crippen LogP contribution in [0.5, 0.6) is 0 Å². The van der Waals surface area contributed by atoms with E-state index in [2.05, 4.69) is 13.8 Å². The summed E-state index contributed by atoms with van der Waals surface area (Å²) < 4.78 is 10.7. The molecule has 0 bridgehead atoms. The highest BCUT2D eigenvalue weighted by Gasteiger charge is 2.23. The van der Waals surface area contributed by atoms with E-state index in [1.807, 2.05) is 0 Å². The lowest BCUT2D eigenvalue weighted by atomic mass is 9.96. The molecule has 2 heteroatoms. The van der Waals surface area contributed by atoms with Crippen molar-refractivity contribution in [2.24, 2.45) is 5.92 Å². The van der Waals surface area contributed by atoms with Gasteiger partial charge in [-0.1, -0.05) is 20.3 Å². The monoisotopic (exact) mass is 158 g/mol. The molecule has 0 aliphatic carbocycles. The molecule has 1 aliphatic rings. The molecular weight excluding hydrogens is 140 g/mol. The molecule has 2 atom stereocenters. The fourth-order valence-electron chi connectivity index (χ4n) is 1.56. The van der Waals surface area contributed by atoms with Crippen molar-refractivity contribution in [3.63, 3.8) is 0 Å². The fraction of sp³-hybridized carbons (Fsp3) is 1.00. The number of hydrogen-bond acceptors (Lipinski definition) is 2. The lowest BCUT2D eigenvalue weighted by Crippen LogP contribution is -2.33. The summed E-state index contributed by atoms with van der Waals surface area (Å²) in [6.07, 6.45) is 4.02. The van der Waals surface area contributed by atoms with Gasteiger partial charge in [-0.05, 0) is 12.8 Å². The summed E-state index contributed by atoms with van der Waals surface area (Å²) in [5.74, 6) is 0.628. The third kappa shape index (κ3) is 2.46. The van der Waals surface area contributed by atoms with E-state index in [1.54, 1.807) is 0 Å². The van der Waals surface area contributed by atoms with E-state index < -0.39 is 0 Å². The minimum absolute atomic E-state index is 0.457. The van der Waals surface area contributed by atoms with E-state index in [0.29, 0.717) is 18.8 Å². The molecule has 0 aromatic carbocycles. The van der Waals surface area contributed by atoms with Crippen LogP contribution in [0.25, 0.3) is 0 Å². The summed E-state index contributed by atoms with van der Waals surface area (Å²) >= 11 is 0. The highest BCUT2D eigenvalue weighted by atomic mass is 16.7. The zero-order chi connectivity index (χ0) is 8.10. The second-order valence-corrected chi connectivity index (χ2v) is 3.15. The molecule has 0 N–H and O–H groups in total. The zero-order valence-corrected chi connectivity index (χ0v) is 7.51. The van der Waals surface area contributed by atoms with Gasteiger partial charge in [-0.3, -0.25) is 0 Å². The van der Waals surface area contributed by atoms with Gasteiger partial charge in [0.05, 0.1) is 12.7 Å². The number of ether oxygens (including phenoxy) is 2. The normalized spacial score (nSPS) is 32.2. The first kappa shape index (κ1) is 9.01. The van der Waals surface area contributed by atoms with E-state index in [4.69, 9.17) is 9.47 Å². The van der Waals surface area contributed by atoms with Gasteiger partial charge in [0.1, 0.15) is 6.79 Å². The number of hydrogen-bond donors (Lipinski definition) is 0. The fourth-order valence-corrected chi connectivity index (χ4v) is 1.56. The third-order valence-electron chi connectivity index (χ3n) is 2.32. The smallest absolute Gasteiger partial charge is 0.147 e. The molecule has 66 valence electrons. The molecule has 1 rings (SSSR count). The molecule has 0 aromatic rings. The quantitative estimate of drug-likeness (QED) is 0.626. The van der Waals surface area contributed by atoms with Crippen molar-refractivity contribution in [1.29, 1.82) is 0 Å². The molecule has 1 saturated heterocycles. The van der Waals surface area contributed by atoms with Gasteiger partial charge in [-0.2, -0.15) is 0 Å². The Morgan fingerprint density at radius 1 is 1.36 bits per heavy atom. The molecular formula is C9H18O2. The summed E-state index contributed by atoms with van der Waals surface area (Å²) in [6.45, 7) is 5.79. The first-order valence-electron chi connectivity index (χ1n) is 4.57. The highest BCUT2D eigenvalue weighted by Crippen LogP contribution is 2.21. The van der Waals surface area contributed by atoms with Crippen molar-refractivity contribution in [2.45, 2.75) is 39.2 Å². The van der Waals surface area contributed by atoms with Crippen molar-refractivity contribution >= 4 is 0 Å². The van der Waals surface area contributed by atoms with E-state index in [1.165, 1.54) is 19.3 Å². The van der Waals surface area contributed by atoms with Crippen LogP contribution in [0, 0.1) is 5.92 Å². The van der Waals surface area contributed by atoms with Gasteiger partial charge in [0.25, 0.3) is 0 Å². The van der Waals surface area contributed by atoms with Crippen LogP contribution in [0.4, 0.5) is 0 Å². The lowest BCUT2D eigenvalue weighted by Gasteiger charge is -2.30. The summed E-state index contributed by atoms with van der Waals surface area (Å²) in [5, 5.41) is 0. The van der Waals surface area contributed by atoms with Gasteiger partial charge in [0.15, 0.2) is 0 Å². The lowest BCUT2D eigenvalue weighted by molar-refractivity contribution is -0.172. The number of rotatable bonds is 3. The summed E-state index contributed by atoms with van der Waals surface area (Å²) in [7, 11) is 0. The van der Waals surface area contributed by atoms with Crippen LogP contribution >= 0.6 is 0 Å². The van der Waals surface area contributed by atoms with E-state index in [9.17, 15) is 0 Å². The predicted molar refractivity (Wildman–Crippen MR) is 44.4 cm³/mol. The second-order valence-electron chi connectivity index (χ2n) is 3.15. The van der Waals surface area contributed by atoms with Crippen LogP contribution in [0.15, 0.2) is 0 Å². The van der Waals surface area contributed by atoms with Crippen LogP contribution in [0.1, 0.15) is 33.1 Å². The van der Waals surface area contributed by atoms with Crippen molar-refractivity contribution in [2.75, 3.05) is 13.4 Å². The van der Waals surface area contributed by atoms with Gasteiger partial charge < -0.3 is 9.47 Å². The largest absolute Gasteiger partial charge is 0.355 e. The molecule has 1 heterocycles. The minimum Gasteiger partial charge on any atom is -0.355 e. The first-order valence-corrected chi connectivity index (χ1v) is 4.57. The standard InChI is InChI=1S/C9H18O2/c1-3-5-9-8(4-2)6-10-7-11-9/h8-9H,3-7H2,1-2H3/t8-,9+/m1/s1. The van der Waals surface area contributed by atoms with Crippen molar-refractivity contribution in [1.82, 2.24) is 0 Å². The summed E-state index contributed by atoms with van der Waals surface area (Å²) in [6, 6.07) is 0. The summed E-state index contributed by atoms with van der Waals surface area (Å²) in [5.41, 5.74) is 0. The first-order chi connectivity index (χ1) is 5.38. The minimum atomic E-state index is 0.457. The van der Waals surface area contributed by atoms with Crippen LogP contribution < -0.4 is 0 Å². The average molecular weight is 158 g/mol. The van der Waals surface area contributed by atoms with Crippen molar-refractivity contribution in [3.8, 4) is 0 Å². The molecule has 2 nitrogen and oxygen atoms in total. The van der Waals surface area contributed by atoms with Crippen LogP contribution in [-0.4, -0.2) is 19.5 Å². The van der Waals surface area contributed by atoms with E-state index in [0.717, 1.165) is 6.61 Å². The molecule has 0 spiro atoms. The second kappa shape index (κ2) is 4.73. The van der Waals surface area contributed by atoms with Gasteiger partial charge in [0.2, 0.25) is 0 Å². The maximum atomic E-state index is 5.50. The molecule has 0 amide bonds. The topological polar surface area (TPSA) is 18.5 Å². The van der Waals surface area contributed by atoms with Gasteiger partial charge in [0, 0.05) is 5.92 Å². The van der Waals surface area contributed by atoms with Crippen molar-refractivity contribution < 1.29 is 9.47 Å². The van der Waals surface area contributed by atoms with Gasteiger partial charge >= 0.3 is 0 Å². The van der Waals surface area contributed by atoms with Crippen LogP contribution in [-0.2, 0) is 9.47 Å². The van der Waals surface area contributed by atoms with Gasteiger partial charge in [-0.15, -0.1) is 0 Å². The highest BCUT2D eigenvalue weighted by molar-refractivity contribution is 4.70. The molecule has 0 aromatic heterocycles. The van der Waals surface area contributed by atoms with E-state index >= 15 is 0 Å². The Morgan fingerprint density at radius 2 is 2.18 bits per heavy atom. The maximum absolute atomic E-state index is 5.50. The Kier molecular flexibility index (Phi) is 3.87. The molecule has 0 radical (unpaired) electrons. The van der Waals surface area contributed by atoms with Crippen molar-refractivity contribution in [3.05, 3.63) is 0 Å². The van der Waals surface area contributed by atoms with Crippen LogP contribution in [0.3, 0.4) is 0 Å². The SMILES string of the molecule is CCC[C@@H]1OCOC[C@H]1CC. The Balaban J connectivity index is 2.31. The zero-order valence-electron chi connectivity index (χ0n) is 7.51. The average Bonchev–Trinajstić information content (AvgIpc) is 2.06. The summed E-state index contributed by atoms with van der Waals surface area (Å²) in [4.78, 5) is 0. The maximum Gasteiger partial charge on any atom is 0.147 e. The molecule has 1 fully saturated rings. The Bertz CT molecular complexity index is 102. The predicted octanol–water partition coefficient (Wildman–Crippen LogP) is 2.19. The Hall–Kier alpha value is -0.0800. The molecule has 0 saturated carbocycles. The van der Waals surface area contributed by atoms with Crippen LogP contribution in [0.2, 0.25) is 0 Å². The van der Waals surface area contributed by atoms with Gasteiger partial charge in [-0.25, -0.2) is 0 Å².